The second-order valence-corrected chi connectivity index (χ2v) is 15.3. The first kappa shape index (κ1) is 33.6. The average Bonchev–Trinajstić information content (AvgIpc) is 3.65. The number of rotatable bonds is 8. The summed E-state index contributed by atoms with van der Waals surface area (Å²) in [5.41, 5.74) is 12.8. The molecule has 0 bridgehead atoms. The van der Waals surface area contributed by atoms with E-state index in [4.69, 9.17) is 0 Å². The number of hydrogen-bond donors (Lipinski definition) is 0. The molecule has 10 rings (SSSR count). The number of fused-ring (bicyclic) bond motifs is 4. The van der Waals surface area contributed by atoms with E-state index in [9.17, 15) is 0 Å². The lowest BCUT2D eigenvalue weighted by Crippen LogP contribution is -2.13. The zero-order valence-corrected chi connectivity index (χ0v) is 31.8. The molecule has 9 aromatic carbocycles. The minimum Gasteiger partial charge on any atom is -0.311 e. The lowest BCUT2D eigenvalue weighted by molar-refractivity contribution is 1.26. The summed E-state index contributed by atoms with van der Waals surface area (Å²) in [6.45, 7) is 2.22. The summed E-state index contributed by atoms with van der Waals surface area (Å²) in [4.78, 5) is 4.77. The number of hydrogen-bond acceptors (Lipinski definition) is 3. The summed E-state index contributed by atoms with van der Waals surface area (Å²) in [5.74, 6) is 0. The molecular formula is C53H38N2S. The Morgan fingerprint density at radius 2 is 0.911 bits per heavy atom. The Bertz CT molecular complexity index is 2950. The van der Waals surface area contributed by atoms with E-state index in [0.717, 1.165) is 34.1 Å². The zero-order valence-electron chi connectivity index (χ0n) is 31.0. The predicted molar refractivity (Wildman–Crippen MR) is 242 cm³/mol. The summed E-state index contributed by atoms with van der Waals surface area (Å²) in [5, 5.41) is 5.10. The molecule has 0 amide bonds. The van der Waals surface area contributed by atoms with Gasteiger partial charge in [0.2, 0.25) is 0 Å². The monoisotopic (exact) mass is 734 g/mol. The molecule has 0 unspecified atom stereocenters. The van der Waals surface area contributed by atoms with Gasteiger partial charge in [-0.3, -0.25) is 0 Å². The number of nitrogens with zero attached hydrogens (tertiary/aromatic N) is 2. The lowest BCUT2D eigenvalue weighted by Gasteiger charge is -2.30. The fourth-order valence-corrected chi connectivity index (χ4v) is 9.34. The molecule has 2 nitrogen and oxygen atoms in total. The molecule has 0 saturated heterocycles. The van der Waals surface area contributed by atoms with Crippen molar-refractivity contribution in [3.05, 3.63) is 218 Å². The van der Waals surface area contributed by atoms with Gasteiger partial charge in [-0.1, -0.05) is 140 Å². The highest BCUT2D eigenvalue weighted by molar-refractivity contribution is 7.25. The van der Waals surface area contributed by atoms with E-state index in [2.05, 4.69) is 229 Å². The van der Waals surface area contributed by atoms with Crippen molar-refractivity contribution in [1.29, 1.82) is 0 Å². The maximum atomic E-state index is 2.44. The van der Waals surface area contributed by atoms with Gasteiger partial charge in [0.15, 0.2) is 0 Å². The van der Waals surface area contributed by atoms with E-state index < -0.39 is 0 Å². The van der Waals surface area contributed by atoms with Gasteiger partial charge in [-0.25, -0.2) is 0 Å². The Balaban J connectivity index is 1.14. The van der Waals surface area contributed by atoms with Crippen molar-refractivity contribution in [2.24, 2.45) is 0 Å². The van der Waals surface area contributed by atoms with Crippen molar-refractivity contribution in [1.82, 2.24) is 0 Å². The fourth-order valence-electron chi connectivity index (χ4n) is 8.12. The van der Waals surface area contributed by atoms with Gasteiger partial charge in [0.05, 0.1) is 5.69 Å². The highest BCUT2D eigenvalue weighted by Gasteiger charge is 2.22. The van der Waals surface area contributed by atoms with Crippen LogP contribution < -0.4 is 9.80 Å². The third-order valence-corrected chi connectivity index (χ3v) is 11.9. The van der Waals surface area contributed by atoms with Crippen molar-refractivity contribution < 1.29 is 0 Å². The highest BCUT2D eigenvalue weighted by atomic mass is 32.1. The maximum Gasteiger partial charge on any atom is 0.0546 e. The summed E-state index contributed by atoms with van der Waals surface area (Å²) in [6, 6.07) is 76.8. The van der Waals surface area contributed by atoms with Gasteiger partial charge >= 0.3 is 0 Å². The predicted octanol–water partition coefficient (Wildman–Crippen LogP) is 15.8. The maximum absolute atomic E-state index is 2.44. The van der Waals surface area contributed by atoms with Crippen LogP contribution in [0.1, 0.15) is 5.56 Å². The minimum atomic E-state index is 1.09. The molecule has 0 spiro atoms. The molecule has 0 saturated carbocycles. The van der Waals surface area contributed by atoms with Crippen molar-refractivity contribution in [2.75, 3.05) is 9.80 Å². The van der Waals surface area contributed by atoms with Gasteiger partial charge in [-0.05, 0) is 113 Å². The summed E-state index contributed by atoms with van der Waals surface area (Å²) >= 11 is 1.87. The minimum absolute atomic E-state index is 1.09. The Morgan fingerprint density at radius 1 is 0.357 bits per heavy atom. The summed E-state index contributed by atoms with van der Waals surface area (Å²) in [6.07, 6.45) is 0. The second-order valence-electron chi connectivity index (χ2n) is 14.2. The summed E-state index contributed by atoms with van der Waals surface area (Å²) < 4.78 is 2.60. The lowest BCUT2D eigenvalue weighted by atomic mass is 9.95. The van der Waals surface area contributed by atoms with E-state index in [-0.39, 0.29) is 0 Å². The second kappa shape index (κ2) is 14.4. The number of anilines is 6. The van der Waals surface area contributed by atoms with Gasteiger partial charge in [-0.2, -0.15) is 0 Å². The third kappa shape index (κ3) is 6.09. The molecular weight excluding hydrogens is 697 g/mol. The Kier molecular flexibility index (Phi) is 8.63. The normalized spacial score (nSPS) is 11.3. The third-order valence-electron chi connectivity index (χ3n) is 10.8. The van der Waals surface area contributed by atoms with Gasteiger partial charge < -0.3 is 9.80 Å². The van der Waals surface area contributed by atoms with E-state index in [1.807, 2.05) is 11.3 Å². The molecule has 0 N–H and O–H groups in total. The van der Waals surface area contributed by atoms with Crippen LogP contribution in [-0.4, -0.2) is 0 Å². The Hall–Kier alpha value is -6.94. The van der Waals surface area contributed by atoms with Crippen molar-refractivity contribution in [3.63, 3.8) is 0 Å². The van der Waals surface area contributed by atoms with Crippen LogP contribution in [0.15, 0.2) is 212 Å². The molecule has 1 heterocycles. The van der Waals surface area contributed by atoms with Crippen LogP contribution in [0.2, 0.25) is 0 Å². The van der Waals surface area contributed by atoms with Gasteiger partial charge in [-0.15, -0.1) is 11.3 Å². The first-order valence-corrected chi connectivity index (χ1v) is 19.9. The quantitative estimate of drug-likeness (QED) is 0.153. The molecule has 0 atom stereocenters. The molecule has 0 aliphatic heterocycles. The smallest absolute Gasteiger partial charge is 0.0546 e. The number of para-hydroxylation sites is 1. The average molecular weight is 735 g/mol. The summed E-state index contributed by atoms with van der Waals surface area (Å²) in [7, 11) is 0. The molecule has 10 aromatic rings. The van der Waals surface area contributed by atoms with Crippen LogP contribution in [0.5, 0.6) is 0 Å². The van der Waals surface area contributed by atoms with Crippen LogP contribution in [0.25, 0.3) is 53.2 Å². The van der Waals surface area contributed by atoms with E-state index in [1.165, 1.54) is 58.8 Å². The van der Waals surface area contributed by atoms with Crippen molar-refractivity contribution in [2.45, 2.75) is 6.92 Å². The van der Waals surface area contributed by atoms with E-state index in [1.54, 1.807) is 0 Å². The van der Waals surface area contributed by atoms with Gasteiger partial charge in [0.25, 0.3) is 0 Å². The first-order chi connectivity index (χ1) is 27.7. The Morgan fingerprint density at radius 3 is 1.62 bits per heavy atom. The molecule has 0 aliphatic rings. The highest BCUT2D eigenvalue weighted by Crippen LogP contribution is 2.47. The van der Waals surface area contributed by atoms with Crippen molar-refractivity contribution >= 4 is 76.4 Å². The zero-order chi connectivity index (χ0) is 37.4. The Labute approximate surface area is 331 Å². The van der Waals surface area contributed by atoms with Crippen LogP contribution in [-0.2, 0) is 0 Å². The molecule has 0 aliphatic carbocycles. The molecule has 56 heavy (non-hydrogen) atoms. The molecule has 1 aromatic heterocycles. The molecule has 0 radical (unpaired) electrons. The van der Waals surface area contributed by atoms with E-state index >= 15 is 0 Å². The van der Waals surface area contributed by atoms with Gasteiger partial charge in [0, 0.05) is 54.2 Å². The van der Waals surface area contributed by atoms with E-state index in [0.29, 0.717) is 0 Å². The SMILES string of the molecule is Cc1cccc2sc3cc(N(c4ccc(N(c5ccccc5)c5ccc(-c6ccccc6)cc5)cc4)c4ccc5ccccc5c4-c4ccccc4)ccc3c12. The topological polar surface area (TPSA) is 6.48 Å². The van der Waals surface area contributed by atoms with Gasteiger partial charge in [0.1, 0.15) is 0 Å². The number of benzene rings is 9. The van der Waals surface area contributed by atoms with Crippen molar-refractivity contribution in [3.8, 4) is 22.3 Å². The number of thiophene rings is 1. The standard InChI is InChI=1S/C53H38N2S/c1-37-14-13-23-50-52(37)48-34-33-46(36-51(48)56-50)55(49-35-26-40-17-11-12-22-47(40)53(49)41-18-7-3-8-19-41)45-31-29-44(30-32-45)54(42-20-9-4-10-21-42)43-27-24-39(25-28-43)38-15-5-2-6-16-38/h2-36H,1H3. The molecule has 266 valence electrons. The molecule has 0 fully saturated rings. The first-order valence-electron chi connectivity index (χ1n) is 19.1. The van der Waals surface area contributed by atoms with Crippen LogP contribution >= 0.6 is 11.3 Å². The number of aryl methyl sites for hydroxylation is 1. The van der Waals surface area contributed by atoms with Crippen LogP contribution in [0.4, 0.5) is 34.1 Å². The largest absolute Gasteiger partial charge is 0.311 e. The van der Waals surface area contributed by atoms with Crippen LogP contribution in [0.3, 0.4) is 0 Å². The van der Waals surface area contributed by atoms with Crippen LogP contribution in [0, 0.1) is 6.92 Å². The molecule has 3 heteroatoms. The fraction of sp³-hybridized carbons (Fsp3) is 0.0189.